The molecule has 0 atom stereocenters. The first kappa shape index (κ1) is 17.9. The van der Waals surface area contributed by atoms with Gasteiger partial charge in [-0.15, -0.1) is 0 Å². The van der Waals surface area contributed by atoms with Crippen LogP contribution in [0.15, 0.2) is 24.3 Å². The molecule has 0 aliphatic carbocycles. The third-order valence-electron chi connectivity index (χ3n) is 4.00. The van der Waals surface area contributed by atoms with Gasteiger partial charge < -0.3 is 10.6 Å². The van der Waals surface area contributed by atoms with E-state index in [-0.39, 0.29) is 5.91 Å². The number of nitrogens with one attached hydrogen (secondary N) is 2. The van der Waals surface area contributed by atoms with E-state index in [1.165, 1.54) is 11.1 Å². The Labute approximate surface area is 143 Å². The zero-order chi connectivity index (χ0) is 17.5. The zero-order valence-electron chi connectivity index (χ0n) is 14.9. The van der Waals surface area contributed by atoms with Gasteiger partial charge in [0.1, 0.15) is 17.3 Å². The number of anilines is 2. The zero-order valence-corrected chi connectivity index (χ0v) is 14.9. The van der Waals surface area contributed by atoms with Gasteiger partial charge in [-0.3, -0.25) is 4.79 Å². The van der Waals surface area contributed by atoms with Crippen LogP contribution in [0.2, 0.25) is 0 Å². The molecule has 0 aliphatic heterocycles. The summed E-state index contributed by atoms with van der Waals surface area (Å²) in [6.07, 6.45) is 3.23. The highest BCUT2D eigenvalue weighted by molar-refractivity contribution is 5.93. The van der Waals surface area contributed by atoms with Crippen molar-refractivity contribution >= 4 is 17.4 Å². The normalized spacial score (nSPS) is 10.5. The Bertz CT molecular complexity index is 713. The first-order valence-corrected chi connectivity index (χ1v) is 8.48. The van der Waals surface area contributed by atoms with E-state index in [1.54, 1.807) is 13.0 Å². The van der Waals surface area contributed by atoms with Crippen LogP contribution in [0.5, 0.6) is 0 Å². The molecule has 5 nitrogen and oxygen atoms in total. The van der Waals surface area contributed by atoms with Crippen molar-refractivity contribution in [3.05, 3.63) is 46.9 Å². The first-order chi connectivity index (χ1) is 11.5. The molecule has 2 N–H and O–H groups in total. The maximum Gasteiger partial charge on any atom is 0.270 e. The van der Waals surface area contributed by atoms with Crippen LogP contribution in [0.4, 0.5) is 11.5 Å². The summed E-state index contributed by atoms with van der Waals surface area (Å²) in [5.41, 5.74) is 3.76. The number of unbranched alkanes of at least 4 members (excludes halogenated alkanes) is 2. The van der Waals surface area contributed by atoms with Gasteiger partial charge >= 0.3 is 0 Å². The lowest BCUT2D eigenvalue weighted by molar-refractivity contribution is 0.0947. The monoisotopic (exact) mass is 326 g/mol. The van der Waals surface area contributed by atoms with Crippen LogP contribution in [0.3, 0.4) is 0 Å². The Hall–Kier alpha value is -2.43. The molecule has 2 rings (SSSR count). The summed E-state index contributed by atoms with van der Waals surface area (Å²) in [6, 6.07) is 7.77. The third kappa shape index (κ3) is 4.78. The minimum absolute atomic E-state index is 0.152. The van der Waals surface area contributed by atoms with Gasteiger partial charge in [0.05, 0.1) is 0 Å². The summed E-state index contributed by atoms with van der Waals surface area (Å²) in [7, 11) is 0. The number of amides is 1. The third-order valence-corrected chi connectivity index (χ3v) is 4.00. The van der Waals surface area contributed by atoms with E-state index in [1.807, 2.05) is 12.1 Å². The SMILES string of the molecule is CCCCCNC(=O)c1cc(Nc2cccc(C)c2C)nc(C)n1. The predicted octanol–water partition coefficient (Wildman–Crippen LogP) is 4.07. The fraction of sp³-hybridized carbons (Fsp3) is 0.421. The molecule has 0 unspecified atom stereocenters. The van der Waals surface area contributed by atoms with Gasteiger partial charge in [0.2, 0.25) is 0 Å². The van der Waals surface area contributed by atoms with Gasteiger partial charge in [-0.1, -0.05) is 31.9 Å². The molecule has 0 saturated carbocycles. The average Bonchev–Trinajstić information content (AvgIpc) is 2.55. The molecule has 1 aromatic carbocycles. The molecule has 128 valence electrons. The Balaban J connectivity index is 2.13. The molecule has 0 saturated heterocycles. The van der Waals surface area contributed by atoms with Crippen molar-refractivity contribution in [2.45, 2.75) is 47.0 Å². The maximum atomic E-state index is 12.3. The van der Waals surface area contributed by atoms with Crippen LogP contribution >= 0.6 is 0 Å². The van der Waals surface area contributed by atoms with Gasteiger partial charge in [0.25, 0.3) is 5.91 Å². The van der Waals surface area contributed by atoms with Gasteiger partial charge in [0, 0.05) is 18.3 Å². The number of benzene rings is 1. The lowest BCUT2D eigenvalue weighted by atomic mass is 10.1. The van der Waals surface area contributed by atoms with Gasteiger partial charge in [-0.25, -0.2) is 9.97 Å². The molecule has 1 heterocycles. The highest BCUT2D eigenvalue weighted by Crippen LogP contribution is 2.22. The minimum atomic E-state index is -0.152. The lowest BCUT2D eigenvalue weighted by Gasteiger charge is -2.12. The summed E-state index contributed by atoms with van der Waals surface area (Å²) in [6.45, 7) is 8.74. The number of aryl methyl sites for hydroxylation is 2. The van der Waals surface area contributed by atoms with E-state index in [9.17, 15) is 4.79 Å². The number of rotatable bonds is 7. The Kier molecular flexibility index (Phi) is 6.29. The van der Waals surface area contributed by atoms with Gasteiger partial charge in [-0.05, 0) is 44.4 Å². The van der Waals surface area contributed by atoms with Crippen LogP contribution in [-0.2, 0) is 0 Å². The second-order valence-corrected chi connectivity index (χ2v) is 6.02. The molecular formula is C19H26N4O. The van der Waals surface area contributed by atoms with Gasteiger partial charge in [0.15, 0.2) is 0 Å². The van der Waals surface area contributed by atoms with E-state index in [2.05, 4.69) is 47.4 Å². The number of carbonyl (C=O) groups is 1. The standard InChI is InChI=1S/C19H26N4O/c1-5-6-7-11-20-19(24)17-12-18(22-15(4)21-17)23-16-10-8-9-13(2)14(16)3/h8-10,12H,5-7,11H2,1-4H3,(H,20,24)(H,21,22,23). The van der Waals surface area contributed by atoms with Crippen molar-refractivity contribution < 1.29 is 4.79 Å². The second-order valence-electron chi connectivity index (χ2n) is 6.02. The Morgan fingerprint density at radius 3 is 2.67 bits per heavy atom. The fourth-order valence-electron chi connectivity index (χ4n) is 2.44. The summed E-state index contributed by atoms with van der Waals surface area (Å²) < 4.78 is 0. The fourth-order valence-corrected chi connectivity index (χ4v) is 2.44. The number of hydrogen-bond donors (Lipinski definition) is 2. The van der Waals surface area contributed by atoms with E-state index in [0.717, 1.165) is 24.9 Å². The Morgan fingerprint density at radius 1 is 1.12 bits per heavy atom. The molecule has 0 aliphatic rings. The molecule has 0 bridgehead atoms. The largest absolute Gasteiger partial charge is 0.351 e. The maximum absolute atomic E-state index is 12.3. The van der Waals surface area contributed by atoms with Crippen LogP contribution in [0.25, 0.3) is 0 Å². The van der Waals surface area contributed by atoms with E-state index < -0.39 is 0 Å². The smallest absolute Gasteiger partial charge is 0.270 e. The van der Waals surface area contributed by atoms with Crippen molar-refractivity contribution in [1.29, 1.82) is 0 Å². The number of aromatic nitrogens is 2. The second kappa shape index (κ2) is 8.43. The lowest BCUT2D eigenvalue weighted by Crippen LogP contribution is -2.25. The molecule has 0 spiro atoms. The average molecular weight is 326 g/mol. The highest BCUT2D eigenvalue weighted by Gasteiger charge is 2.11. The number of nitrogens with zero attached hydrogens (tertiary/aromatic N) is 2. The van der Waals surface area contributed by atoms with Crippen molar-refractivity contribution in [2.75, 3.05) is 11.9 Å². The summed E-state index contributed by atoms with van der Waals surface area (Å²) in [5, 5.41) is 6.21. The first-order valence-electron chi connectivity index (χ1n) is 8.48. The quantitative estimate of drug-likeness (QED) is 0.753. The van der Waals surface area contributed by atoms with Crippen LogP contribution in [0.1, 0.15) is 53.6 Å². The molecule has 1 amide bonds. The predicted molar refractivity (Wildman–Crippen MR) is 97.8 cm³/mol. The summed E-state index contributed by atoms with van der Waals surface area (Å²) >= 11 is 0. The molecule has 0 radical (unpaired) electrons. The Morgan fingerprint density at radius 2 is 1.92 bits per heavy atom. The summed E-state index contributed by atoms with van der Waals surface area (Å²) in [4.78, 5) is 20.9. The minimum Gasteiger partial charge on any atom is -0.351 e. The van der Waals surface area contributed by atoms with Crippen molar-refractivity contribution in [3.8, 4) is 0 Å². The molecule has 24 heavy (non-hydrogen) atoms. The van der Waals surface area contributed by atoms with Crippen LogP contribution < -0.4 is 10.6 Å². The van der Waals surface area contributed by atoms with Crippen molar-refractivity contribution in [1.82, 2.24) is 15.3 Å². The molecule has 2 aromatic rings. The molecule has 5 heteroatoms. The van der Waals surface area contributed by atoms with E-state index in [4.69, 9.17) is 0 Å². The molecule has 1 aromatic heterocycles. The van der Waals surface area contributed by atoms with Crippen LogP contribution in [-0.4, -0.2) is 22.4 Å². The highest BCUT2D eigenvalue weighted by atomic mass is 16.1. The van der Waals surface area contributed by atoms with Crippen LogP contribution in [0, 0.1) is 20.8 Å². The molecular weight excluding hydrogens is 300 g/mol. The summed E-state index contributed by atoms with van der Waals surface area (Å²) in [5.74, 6) is 1.06. The van der Waals surface area contributed by atoms with E-state index >= 15 is 0 Å². The van der Waals surface area contributed by atoms with E-state index in [0.29, 0.717) is 23.9 Å². The van der Waals surface area contributed by atoms with Gasteiger partial charge in [-0.2, -0.15) is 0 Å². The number of carbonyl (C=O) groups excluding carboxylic acids is 1. The topological polar surface area (TPSA) is 66.9 Å². The molecule has 0 fully saturated rings. The van der Waals surface area contributed by atoms with Crippen molar-refractivity contribution in [3.63, 3.8) is 0 Å². The number of hydrogen-bond acceptors (Lipinski definition) is 4. The van der Waals surface area contributed by atoms with Crippen molar-refractivity contribution in [2.24, 2.45) is 0 Å².